The van der Waals surface area contributed by atoms with Crippen LogP contribution in [0.2, 0.25) is 0 Å². The number of rotatable bonds is 6. The maximum Gasteiger partial charge on any atom is 0.323 e. The molecule has 0 spiro atoms. The zero-order valence-corrected chi connectivity index (χ0v) is 9.54. The number of halogens is 1. The molecule has 0 aromatic heterocycles. The van der Waals surface area contributed by atoms with Crippen LogP contribution in [0.3, 0.4) is 0 Å². The van der Waals surface area contributed by atoms with E-state index >= 15 is 0 Å². The quantitative estimate of drug-likeness (QED) is 0.531. The highest BCUT2D eigenvalue weighted by Crippen LogP contribution is 2.17. The molecule has 88 valence electrons. The first kappa shape index (κ1) is 14.0. The molecule has 0 rings (SSSR count). The zero-order chi connectivity index (χ0) is 12.1. The Morgan fingerprint density at radius 1 is 1.60 bits per heavy atom. The number of ether oxygens (including phenoxy) is 1. The highest BCUT2D eigenvalue weighted by Gasteiger charge is 2.28. The standard InChI is InChI=1S/C10H18FNO3/c1-7(6-13)15-9(14)8(12-4)5-10(2,3)11/h6-8,12H,5H2,1-4H3/t7?,8-/m0/s1. The first-order valence-electron chi connectivity index (χ1n) is 4.82. The fourth-order valence-corrected chi connectivity index (χ4v) is 1.08. The molecule has 0 aliphatic heterocycles. The molecule has 0 aliphatic rings. The summed E-state index contributed by atoms with van der Waals surface area (Å²) in [6, 6.07) is -0.729. The summed E-state index contributed by atoms with van der Waals surface area (Å²) in [4.78, 5) is 21.7. The molecule has 0 fully saturated rings. The fourth-order valence-electron chi connectivity index (χ4n) is 1.08. The average Bonchev–Trinajstić information content (AvgIpc) is 2.12. The van der Waals surface area contributed by atoms with E-state index in [1.54, 1.807) is 7.05 Å². The van der Waals surface area contributed by atoms with Gasteiger partial charge in [-0.15, -0.1) is 0 Å². The van der Waals surface area contributed by atoms with Gasteiger partial charge in [0.25, 0.3) is 0 Å². The van der Waals surface area contributed by atoms with Crippen molar-refractivity contribution in [3.05, 3.63) is 0 Å². The van der Waals surface area contributed by atoms with Crippen molar-refractivity contribution < 1.29 is 18.7 Å². The van der Waals surface area contributed by atoms with Crippen LogP contribution in [0.15, 0.2) is 0 Å². The summed E-state index contributed by atoms with van der Waals surface area (Å²) < 4.78 is 18.1. The van der Waals surface area contributed by atoms with Gasteiger partial charge in [0.05, 0.1) is 0 Å². The second kappa shape index (κ2) is 5.80. The molecular formula is C10H18FNO3. The molecule has 0 amide bonds. The Hall–Kier alpha value is -0.970. The molecule has 15 heavy (non-hydrogen) atoms. The van der Waals surface area contributed by atoms with Crippen LogP contribution in [0, 0.1) is 0 Å². The summed E-state index contributed by atoms with van der Waals surface area (Å²) in [6.07, 6.45) is -0.268. The fraction of sp³-hybridized carbons (Fsp3) is 0.800. The van der Waals surface area contributed by atoms with E-state index in [2.05, 4.69) is 5.32 Å². The van der Waals surface area contributed by atoms with Crippen LogP contribution in [0.5, 0.6) is 0 Å². The normalized spacial score (nSPS) is 15.5. The first-order chi connectivity index (χ1) is 6.80. The maximum absolute atomic E-state index is 13.3. The molecule has 4 nitrogen and oxygen atoms in total. The Bertz CT molecular complexity index is 225. The van der Waals surface area contributed by atoms with Crippen LogP contribution in [-0.4, -0.2) is 37.1 Å². The SMILES string of the molecule is CN[C@@H](CC(C)(C)F)C(=O)OC(C)C=O. The third-order valence-corrected chi connectivity index (χ3v) is 1.82. The van der Waals surface area contributed by atoms with Gasteiger partial charge >= 0.3 is 5.97 Å². The molecular weight excluding hydrogens is 201 g/mol. The number of hydrogen-bond acceptors (Lipinski definition) is 4. The zero-order valence-electron chi connectivity index (χ0n) is 9.54. The number of esters is 1. The predicted octanol–water partition coefficient (Wildman–Crippen LogP) is 0.843. The van der Waals surface area contributed by atoms with Crippen molar-refractivity contribution in [1.82, 2.24) is 5.32 Å². The molecule has 1 N–H and O–H groups in total. The van der Waals surface area contributed by atoms with Crippen molar-refractivity contribution in [3.63, 3.8) is 0 Å². The van der Waals surface area contributed by atoms with Gasteiger partial charge in [0, 0.05) is 6.42 Å². The summed E-state index contributed by atoms with van der Waals surface area (Å²) in [5.41, 5.74) is -1.46. The Morgan fingerprint density at radius 2 is 2.13 bits per heavy atom. The summed E-state index contributed by atoms with van der Waals surface area (Å²) in [6.45, 7) is 4.22. The number of aldehydes is 1. The Labute approximate surface area is 89.2 Å². The Balaban J connectivity index is 4.28. The third-order valence-electron chi connectivity index (χ3n) is 1.82. The van der Waals surface area contributed by atoms with Crippen molar-refractivity contribution in [3.8, 4) is 0 Å². The van der Waals surface area contributed by atoms with E-state index in [0.29, 0.717) is 6.29 Å². The Kier molecular flexibility index (Phi) is 5.43. The molecule has 2 atom stereocenters. The van der Waals surface area contributed by atoms with Crippen LogP contribution in [0.4, 0.5) is 4.39 Å². The number of alkyl halides is 1. The van der Waals surface area contributed by atoms with Gasteiger partial charge in [-0.05, 0) is 27.8 Å². The molecule has 0 heterocycles. The molecule has 0 aliphatic carbocycles. The summed E-state index contributed by atoms with van der Waals surface area (Å²) in [7, 11) is 1.54. The lowest BCUT2D eigenvalue weighted by Gasteiger charge is -2.22. The molecule has 0 aromatic carbocycles. The number of nitrogens with one attached hydrogen (secondary N) is 1. The minimum absolute atomic E-state index is 0.00785. The van der Waals surface area contributed by atoms with E-state index in [1.165, 1.54) is 20.8 Å². The molecule has 0 bridgehead atoms. The molecule has 0 radical (unpaired) electrons. The van der Waals surface area contributed by atoms with Crippen molar-refractivity contribution in [2.45, 2.75) is 45.0 Å². The van der Waals surface area contributed by atoms with Gasteiger partial charge in [-0.3, -0.25) is 9.59 Å². The topological polar surface area (TPSA) is 55.4 Å². The van der Waals surface area contributed by atoms with Crippen molar-refractivity contribution in [1.29, 1.82) is 0 Å². The van der Waals surface area contributed by atoms with Crippen LogP contribution in [0.25, 0.3) is 0 Å². The second-order valence-corrected chi connectivity index (χ2v) is 4.04. The van der Waals surface area contributed by atoms with Crippen LogP contribution in [-0.2, 0) is 14.3 Å². The van der Waals surface area contributed by atoms with Crippen molar-refractivity contribution in [2.75, 3.05) is 7.05 Å². The van der Waals surface area contributed by atoms with E-state index in [0.717, 1.165) is 0 Å². The predicted molar refractivity (Wildman–Crippen MR) is 54.3 cm³/mol. The van der Waals surface area contributed by atoms with Gasteiger partial charge in [-0.1, -0.05) is 0 Å². The summed E-state index contributed by atoms with van der Waals surface area (Å²) in [5.74, 6) is -0.608. The van der Waals surface area contributed by atoms with Crippen LogP contribution < -0.4 is 5.32 Å². The third kappa shape index (κ3) is 6.17. The lowest BCUT2D eigenvalue weighted by molar-refractivity contribution is -0.153. The number of carbonyl (C=O) groups is 2. The summed E-state index contributed by atoms with van der Waals surface area (Å²) >= 11 is 0. The number of carbonyl (C=O) groups excluding carboxylic acids is 2. The lowest BCUT2D eigenvalue weighted by atomic mass is 10.0. The largest absolute Gasteiger partial charge is 0.454 e. The summed E-state index contributed by atoms with van der Waals surface area (Å²) in [5, 5.41) is 2.66. The van der Waals surface area contributed by atoms with Gasteiger partial charge in [0.2, 0.25) is 0 Å². The van der Waals surface area contributed by atoms with Gasteiger partial charge < -0.3 is 10.1 Å². The number of likely N-dealkylation sites (N-methyl/N-ethyl adjacent to an activating group) is 1. The first-order valence-corrected chi connectivity index (χ1v) is 4.82. The maximum atomic E-state index is 13.3. The molecule has 5 heteroatoms. The highest BCUT2D eigenvalue weighted by molar-refractivity contribution is 5.77. The van der Waals surface area contributed by atoms with Gasteiger partial charge in [0.1, 0.15) is 11.7 Å². The highest BCUT2D eigenvalue weighted by atomic mass is 19.1. The van der Waals surface area contributed by atoms with E-state index < -0.39 is 23.8 Å². The monoisotopic (exact) mass is 219 g/mol. The van der Waals surface area contributed by atoms with E-state index in [1.807, 2.05) is 0 Å². The number of hydrogen-bond donors (Lipinski definition) is 1. The Morgan fingerprint density at radius 3 is 2.47 bits per heavy atom. The van der Waals surface area contributed by atoms with Gasteiger partial charge in [-0.2, -0.15) is 0 Å². The van der Waals surface area contributed by atoms with Crippen molar-refractivity contribution in [2.24, 2.45) is 0 Å². The van der Waals surface area contributed by atoms with E-state index in [-0.39, 0.29) is 6.42 Å². The van der Waals surface area contributed by atoms with E-state index in [4.69, 9.17) is 4.74 Å². The molecule has 0 aromatic rings. The molecule has 1 unspecified atom stereocenters. The average molecular weight is 219 g/mol. The van der Waals surface area contributed by atoms with Gasteiger partial charge in [-0.25, -0.2) is 4.39 Å². The van der Waals surface area contributed by atoms with Gasteiger partial charge in [0.15, 0.2) is 12.4 Å². The lowest BCUT2D eigenvalue weighted by Crippen LogP contribution is -2.41. The molecule has 0 saturated heterocycles. The van der Waals surface area contributed by atoms with Crippen LogP contribution in [0.1, 0.15) is 27.2 Å². The minimum Gasteiger partial charge on any atom is -0.454 e. The minimum atomic E-state index is -1.46. The smallest absolute Gasteiger partial charge is 0.323 e. The molecule has 0 saturated carbocycles. The van der Waals surface area contributed by atoms with E-state index in [9.17, 15) is 14.0 Å². The second-order valence-electron chi connectivity index (χ2n) is 4.04. The van der Waals surface area contributed by atoms with Crippen molar-refractivity contribution >= 4 is 12.3 Å². The van der Waals surface area contributed by atoms with Crippen LogP contribution >= 0.6 is 0 Å².